The Bertz CT molecular complexity index is 487. The molecular weight excluding hydrogens is 284 g/mol. The van der Waals surface area contributed by atoms with Crippen LogP contribution in [0.5, 0.6) is 5.75 Å². The van der Waals surface area contributed by atoms with Gasteiger partial charge in [0.05, 0.1) is 6.61 Å². The maximum atomic E-state index is 12.6. The molecule has 1 amide bonds. The highest BCUT2D eigenvalue weighted by Gasteiger charge is 2.39. The number of anilines is 1. The van der Waals surface area contributed by atoms with E-state index < -0.39 is 5.60 Å². The largest absolute Gasteiger partial charge is 0.491 e. The minimum Gasteiger partial charge on any atom is -0.491 e. The fourth-order valence-electron chi connectivity index (χ4n) is 2.51. The average molecular weight is 308 g/mol. The first-order valence-electron chi connectivity index (χ1n) is 7.49. The second kappa shape index (κ2) is 8.12. The van der Waals surface area contributed by atoms with Gasteiger partial charge in [0.15, 0.2) is 0 Å². The Morgan fingerprint density at radius 3 is 2.73 bits per heavy atom. The zero-order valence-corrected chi connectivity index (χ0v) is 13.2. The second-order valence-corrected chi connectivity index (χ2v) is 5.27. The molecule has 1 heterocycles. The molecule has 2 N–H and O–H groups in total. The van der Waals surface area contributed by atoms with Crippen LogP contribution in [0.15, 0.2) is 24.3 Å². The fourth-order valence-corrected chi connectivity index (χ4v) is 2.51. The van der Waals surface area contributed by atoms with E-state index in [9.17, 15) is 4.79 Å². The number of nitrogens with one attached hydrogen (secondary N) is 2. The third kappa shape index (κ3) is 4.19. The van der Waals surface area contributed by atoms with Crippen LogP contribution >= 0.6 is 0 Å². The third-order valence-electron chi connectivity index (χ3n) is 3.86. The van der Waals surface area contributed by atoms with Crippen molar-refractivity contribution in [3.05, 3.63) is 24.3 Å². The zero-order chi connectivity index (χ0) is 15.8. The van der Waals surface area contributed by atoms with Gasteiger partial charge in [-0.15, -0.1) is 0 Å². The summed E-state index contributed by atoms with van der Waals surface area (Å²) in [5.41, 5.74) is -0.0482. The molecule has 0 spiro atoms. The molecular formula is C16H24N2O4. The van der Waals surface area contributed by atoms with Crippen molar-refractivity contribution in [2.45, 2.75) is 18.4 Å². The Morgan fingerprint density at radius 1 is 1.27 bits per heavy atom. The molecule has 1 aliphatic rings. The lowest BCUT2D eigenvalue weighted by atomic mass is 9.91. The van der Waals surface area contributed by atoms with Gasteiger partial charge < -0.3 is 24.8 Å². The molecule has 0 saturated carbocycles. The van der Waals surface area contributed by atoms with Crippen LogP contribution in [0, 0.1) is 0 Å². The first kappa shape index (κ1) is 16.7. The highest BCUT2D eigenvalue weighted by molar-refractivity contribution is 5.97. The predicted octanol–water partition coefficient (Wildman–Crippen LogP) is 1.42. The standard InChI is InChI=1S/C16H24N2O4/c1-20-10-11-22-14-5-3-4-13(12-14)18-15(19)16(21-2)6-8-17-9-7-16/h3-5,12,17H,6-11H2,1-2H3,(H,18,19). The van der Waals surface area contributed by atoms with Gasteiger partial charge in [-0.05, 0) is 38.1 Å². The topological polar surface area (TPSA) is 68.8 Å². The number of carbonyl (C=O) groups is 1. The van der Waals surface area contributed by atoms with E-state index in [1.165, 1.54) is 0 Å². The average Bonchev–Trinajstić information content (AvgIpc) is 2.56. The molecule has 0 aliphatic carbocycles. The van der Waals surface area contributed by atoms with Crippen molar-refractivity contribution in [1.29, 1.82) is 0 Å². The lowest BCUT2D eigenvalue weighted by Gasteiger charge is -2.34. The fraction of sp³-hybridized carbons (Fsp3) is 0.562. The van der Waals surface area contributed by atoms with Crippen LogP contribution in [0.1, 0.15) is 12.8 Å². The molecule has 0 unspecified atom stereocenters. The molecule has 1 aliphatic heterocycles. The molecule has 0 atom stereocenters. The summed E-state index contributed by atoms with van der Waals surface area (Å²) in [5, 5.41) is 6.17. The normalized spacial score (nSPS) is 17.0. The van der Waals surface area contributed by atoms with Gasteiger partial charge in [0.25, 0.3) is 5.91 Å². The molecule has 1 aromatic rings. The smallest absolute Gasteiger partial charge is 0.256 e. The van der Waals surface area contributed by atoms with Crippen molar-refractivity contribution in [3.63, 3.8) is 0 Å². The number of ether oxygens (including phenoxy) is 3. The Kier molecular flexibility index (Phi) is 6.18. The number of hydrogen-bond donors (Lipinski definition) is 2. The summed E-state index contributed by atoms with van der Waals surface area (Å²) in [6.07, 6.45) is 1.33. The van der Waals surface area contributed by atoms with Gasteiger partial charge >= 0.3 is 0 Å². The van der Waals surface area contributed by atoms with E-state index in [0.717, 1.165) is 13.1 Å². The predicted molar refractivity (Wildman–Crippen MR) is 84.3 cm³/mol. The summed E-state index contributed by atoms with van der Waals surface area (Å²) in [6.45, 7) is 2.56. The third-order valence-corrected chi connectivity index (χ3v) is 3.86. The molecule has 1 saturated heterocycles. The molecule has 1 fully saturated rings. The van der Waals surface area contributed by atoms with Gasteiger partial charge in [-0.25, -0.2) is 0 Å². The van der Waals surface area contributed by atoms with E-state index in [0.29, 0.717) is 37.5 Å². The van der Waals surface area contributed by atoms with Gasteiger partial charge in [-0.1, -0.05) is 6.07 Å². The van der Waals surface area contributed by atoms with Crippen LogP contribution < -0.4 is 15.4 Å². The minimum atomic E-state index is -0.752. The maximum Gasteiger partial charge on any atom is 0.256 e. The van der Waals surface area contributed by atoms with E-state index >= 15 is 0 Å². The summed E-state index contributed by atoms with van der Waals surface area (Å²) >= 11 is 0. The molecule has 1 aromatic carbocycles. The van der Waals surface area contributed by atoms with E-state index in [-0.39, 0.29) is 5.91 Å². The van der Waals surface area contributed by atoms with Crippen molar-refractivity contribution in [2.75, 3.05) is 45.8 Å². The van der Waals surface area contributed by atoms with Gasteiger partial charge in [-0.2, -0.15) is 0 Å². The summed E-state index contributed by atoms with van der Waals surface area (Å²) in [7, 11) is 3.22. The molecule has 2 rings (SSSR count). The van der Waals surface area contributed by atoms with Crippen molar-refractivity contribution < 1.29 is 19.0 Å². The molecule has 22 heavy (non-hydrogen) atoms. The van der Waals surface area contributed by atoms with E-state index in [4.69, 9.17) is 14.2 Å². The monoisotopic (exact) mass is 308 g/mol. The number of carbonyl (C=O) groups excluding carboxylic acids is 1. The van der Waals surface area contributed by atoms with E-state index in [1.807, 2.05) is 18.2 Å². The lowest BCUT2D eigenvalue weighted by Crippen LogP contribution is -2.51. The molecule has 0 aromatic heterocycles. The first-order chi connectivity index (χ1) is 10.7. The number of amides is 1. The lowest BCUT2D eigenvalue weighted by molar-refractivity contribution is -0.140. The summed E-state index contributed by atoms with van der Waals surface area (Å²) in [4.78, 5) is 12.6. The van der Waals surface area contributed by atoms with Crippen molar-refractivity contribution in [3.8, 4) is 5.75 Å². The number of benzene rings is 1. The molecule has 122 valence electrons. The van der Waals surface area contributed by atoms with E-state index in [2.05, 4.69) is 10.6 Å². The van der Waals surface area contributed by atoms with Crippen LogP contribution in [-0.2, 0) is 14.3 Å². The highest BCUT2D eigenvalue weighted by Crippen LogP contribution is 2.25. The maximum absolute atomic E-state index is 12.6. The zero-order valence-electron chi connectivity index (χ0n) is 13.2. The molecule has 0 radical (unpaired) electrons. The van der Waals surface area contributed by atoms with Crippen molar-refractivity contribution in [1.82, 2.24) is 5.32 Å². The summed E-state index contributed by atoms with van der Waals surface area (Å²) in [5.74, 6) is 0.595. The van der Waals surface area contributed by atoms with Crippen LogP contribution in [0.25, 0.3) is 0 Å². The van der Waals surface area contributed by atoms with Crippen molar-refractivity contribution >= 4 is 11.6 Å². The second-order valence-electron chi connectivity index (χ2n) is 5.27. The first-order valence-corrected chi connectivity index (χ1v) is 7.49. The number of piperidine rings is 1. The van der Waals surface area contributed by atoms with Crippen molar-refractivity contribution in [2.24, 2.45) is 0 Å². The van der Waals surface area contributed by atoms with Crippen LogP contribution in [-0.4, -0.2) is 52.0 Å². The molecule has 0 bridgehead atoms. The van der Waals surface area contributed by atoms with Gasteiger partial charge in [-0.3, -0.25) is 4.79 Å². The molecule has 6 heteroatoms. The Balaban J connectivity index is 1.99. The SMILES string of the molecule is COCCOc1cccc(NC(=O)C2(OC)CCNCC2)c1. The molecule has 6 nitrogen and oxygen atoms in total. The Morgan fingerprint density at radius 2 is 2.05 bits per heavy atom. The van der Waals surface area contributed by atoms with Crippen LogP contribution in [0.2, 0.25) is 0 Å². The van der Waals surface area contributed by atoms with Crippen LogP contribution in [0.3, 0.4) is 0 Å². The van der Waals surface area contributed by atoms with Crippen LogP contribution in [0.4, 0.5) is 5.69 Å². The van der Waals surface area contributed by atoms with Gasteiger partial charge in [0.2, 0.25) is 0 Å². The van der Waals surface area contributed by atoms with E-state index in [1.54, 1.807) is 20.3 Å². The minimum absolute atomic E-state index is 0.106. The summed E-state index contributed by atoms with van der Waals surface area (Å²) in [6, 6.07) is 7.34. The van der Waals surface area contributed by atoms with Gasteiger partial charge in [0, 0.05) is 26.0 Å². The number of rotatable bonds is 7. The highest BCUT2D eigenvalue weighted by atomic mass is 16.5. The Labute approximate surface area is 131 Å². The summed E-state index contributed by atoms with van der Waals surface area (Å²) < 4.78 is 16.0. The Hall–Kier alpha value is -1.63. The number of methoxy groups -OCH3 is 2. The number of hydrogen-bond acceptors (Lipinski definition) is 5. The quantitative estimate of drug-likeness (QED) is 0.746. The van der Waals surface area contributed by atoms with Gasteiger partial charge in [0.1, 0.15) is 18.0 Å².